The Bertz CT molecular complexity index is 592. The van der Waals surface area contributed by atoms with Crippen LogP contribution in [0, 0.1) is 29.6 Å². The van der Waals surface area contributed by atoms with Crippen LogP contribution in [0.4, 0.5) is 0 Å². The minimum absolute atomic E-state index is 0.530. The third kappa shape index (κ3) is 1.34. The first-order valence-electron chi connectivity index (χ1n) is 8.93. The number of hydrogen-bond acceptors (Lipinski definition) is 1. The molecule has 0 radical (unpaired) electrons. The van der Waals surface area contributed by atoms with Crippen molar-refractivity contribution < 1.29 is 4.74 Å². The first-order chi connectivity index (χ1) is 10.3. The van der Waals surface area contributed by atoms with Crippen LogP contribution in [0.3, 0.4) is 0 Å². The summed E-state index contributed by atoms with van der Waals surface area (Å²) in [5.41, 5.74) is 3.88. The monoisotopic (exact) mass is 282 g/mol. The number of methoxy groups -OCH3 is 1. The van der Waals surface area contributed by atoms with Gasteiger partial charge in [0.1, 0.15) is 5.75 Å². The van der Waals surface area contributed by atoms with Crippen molar-refractivity contribution in [1.82, 2.24) is 0 Å². The van der Waals surface area contributed by atoms with E-state index in [-0.39, 0.29) is 0 Å². The van der Waals surface area contributed by atoms with E-state index in [1.165, 1.54) is 38.5 Å². The van der Waals surface area contributed by atoms with Crippen LogP contribution in [0.25, 0.3) is 0 Å². The predicted octanol–water partition coefficient (Wildman–Crippen LogP) is 4.58. The van der Waals surface area contributed by atoms with Crippen molar-refractivity contribution in [1.29, 1.82) is 0 Å². The van der Waals surface area contributed by atoms with Crippen molar-refractivity contribution in [3.8, 4) is 5.75 Å². The Hall–Kier alpha value is -0.980. The van der Waals surface area contributed by atoms with Crippen molar-refractivity contribution >= 4 is 0 Å². The lowest BCUT2D eigenvalue weighted by Crippen LogP contribution is -2.46. The Labute approximate surface area is 128 Å². The fourth-order valence-electron chi connectivity index (χ4n) is 7.29. The quantitative estimate of drug-likeness (QED) is 0.732. The lowest BCUT2D eigenvalue weighted by atomic mass is 9.53. The highest BCUT2D eigenvalue weighted by Gasteiger charge is 2.67. The van der Waals surface area contributed by atoms with E-state index < -0.39 is 0 Å². The summed E-state index contributed by atoms with van der Waals surface area (Å²) in [5, 5.41) is 0. The summed E-state index contributed by atoms with van der Waals surface area (Å²) in [6.07, 6.45) is 8.67. The second kappa shape index (κ2) is 4.06. The zero-order chi connectivity index (χ0) is 14.2. The summed E-state index contributed by atoms with van der Waals surface area (Å²) in [5.74, 6) is 5.98. The number of ether oxygens (including phenoxy) is 1. The van der Waals surface area contributed by atoms with Gasteiger partial charge < -0.3 is 4.74 Å². The Balaban J connectivity index is 1.73. The lowest BCUT2D eigenvalue weighted by molar-refractivity contribution is 0.0817. The van der Waals surface area contributed by atoms with Crippen LogP contribution in [-0.2, 0) is 11.8 Å². The Morgan fingerprint density at radius 3 is 2.95 bits per heavy atom. The first-order valence-corrected chi connectivity index (χ1v) is 8.93. The van der Waals surface area contributed by atoms with Crippen molar-refractivity contribution in [2.24, 2.45) is 29.6 Å². The molecule has 3 fully saturated rings. The van der Waals surface area contributed by atoms with Crippen molar-refractivity contribution in [3.05, 3.63) is 29.3 Å². The second-order valence-corrected chi connectivity index (χ2v) is 8.18. The van der Waals surface area contributed by atoms with E-state index in [0.717, 1.165) is 35.3 Å². The van der Waals surface area contributed by atoms with Gasteiger partial charge in [-0.1, -0.05) is 25.8 Å². The Kier molecular flexibility index (Phi) is 2.42. The summed E-state index contributed by atoms with van der Waals surface area (Å²) in [6.45, 7) is 2.53. The normalized spacial score (nSPS) is 46.1. The van der Waals surface area contributed by atoms with Gasteiger partial charge in [-0.25, -0.2) is 0 Å². The molecule has 0 amide bonds. The molecule has 4 aliphatic rings. The number of fused-ring (bicyclic) bond motifs is 2. The number of benzene rings is 1. The van der Waals surface area contributed by atoms with Crippen LogP contribution in [-0.4, -0.2) is 7.11 Å². The standard InChI is InChI=1S/C20H26O/c1-12-9-18-15-10-13-6-7-14(21-2)11-17(13)20(18)8-4-3-5-16(20)19(12)15/h6-7,11-12,15-16,18-19H,3-5,8-10H2,1-2H3/t12?,15?,16-,18+,19+,20?/m1/s1. The Morgan fingerprint density at radius 1 is 1.19 bits per heavy atom. The van der Waals surface area contributed by atoms with E-state index in [1.807, 2.05) is 7.11 Å². The van der Waals surface area contributed by atoms with E-state index in [1.54, 1.807) is 11.1 Å². The molecule has 1 nitrogen and oxygen atoms in total. The van der Waals surface area contributed by atoms with Crippen LogP contribution in [0.15, 0.2) is 18.2 Å². The first kappa shape index (κ1) is 12.6. The zero-order valence-corrected chi connectivity index (χ0v) is 13.3. The molecule has 4 aliphatic carbocycles. The highest BCUT2D eigenvalue weighted by Crippen LogP contribution is 2.72. The van der Waals surface area contributed by atoms with Gasteiger partial charge in [0.25, 0.3) is 0 Å². The maximum Gasteiger partial charge on any atom is 0.119 e. The molecule has 1 aromatic rings. The minimum Gasteiger partial charge on any atom is -0.497 e. The van der Waals surface area contributed by atoms with Gasteiger partial charge in [0, 0.05) is 5.41 Å². The van der Waals surface area contributed by atoms with Gasteiger partial charge in [0.15, 0.2) is 0 Å². The fraction of sp³-hybridized carbons (Fsp3) is 0.700. The van der Waals surface area contributed by atoms with Crippen LogP contribution >= 0.6 is 0 Å². The van der Waals surface area contributed by atoms with Gasteiger partial charge in [0.2, 0.25) is 0 Å². The van der Waals surface area contributed by atoms with Gasteiger partial charge >= 0.3 is 0 Å². The third-order valence-corrected chi connectivity index (χ3v) is 7.71. The second-order valence-electron chi connectivity index (χ2n) is 8.18. The van der Waals surface area contributed by atoms with Gasteiger partial charge in [-0.3, -0.25) is 0 Å². The van der Waals surface area contributed by atoms with E-state index in [0.29, 0.717) is 5.41 Å². The molecular formula is C20H26O. The molecule has 21 heavy (non-hydrogen) atoms. The predicted molar refractivity (Wildman–Crippen MR) is 84.6 cm³/mol. The molecule has 0 saturated heterocycles. The van der Waals surface area contributed by atoms with Crippen molar-refractivity contribution in [3.63, 3.8) is 0 Å². The zero-order valence-electron chi connectivity index (χ0n) is 13.3. The van der Waals surface area contributed by atoms with Crippen LogP contribution in [0.5, 0.6) is 5.75 Å². The molecule has 0 aliphatic heterocycles. The molecule has 0 heterocycles. The molecule has 1 heteroatoms. The minimum atomic E-state index is 0.530. The van der Waals surface area contributed by atoms with Crippen LogP contribution in [0.1, 0.15) is 50.2 Å². The van der Waals surface area contributed by atoms with E-state index >= 15 is 0 Å². The Morgan fingerprint density at radius 2 is 2.10 bits per heavy atom. The van der Waals surface area contributed by atoms with Gasteiger partial charge in [-0.15, -0.1) is 0 Å². The largest absolute Gasteiger partial charge is 0.497 e. The summed E-state index contributed by atoms with van der Waals surface area (Å²) in [6, 6.07) is 6.97. The van der Waals surface area contributed by atoms with Crippen LogP contribution < -0.4 is 4.74 Å². The molecule has 1 aromatic carbocycles. The van der Waals surface area contributed by atoms with E-state index in [2.05, 4.69) is 25.1 Å². The third-order valence-electron chi connectivity index (χ3n) is 7.71. The van der Waals surface area contributed by atoms with Gasteiger partial charge in [0.05, 0.1) is 7.11 Å². The highest BCUT2D eigenvalue weighted by molar-refractivity contribution is 5.48. The molecular weight excluding hydrogens is 256 g/mol. The van der Waals surface area contributed by atoms with Gasteiger partial charge in [-0.05, 0) is 78.5 Å². The van der Waals surface area contributed by atoms with Crippen LogP contribution in [0.2, 0.25) is 0 Å². The summed E-state index contributed by atoms with van der Waals surface area (Å²) in [4.78, 5) is 0. The maximum absolute atomic E-state index is 5.56. The molecule has 4 bridgehead atoms. The molecule has 112 valence electrons. The molecule has 0 N–H and O–H groups in total. The molecule has 6 atom stereocenters. The summed E-state index contributed by atoms with van der Waals surface area (Å²) >= 11 is 0. The van der Waals surface area contributed by atoms with E-state index in [4.69, 9.17) is 4.74 Å². The topological polar surface area (TPSA) is 9.23 Å². The number of rotatable bonds is 1. The highest BCUT2D eigenvalue weighted by atomic mass is 16.5. The average Bonchev–Trinajstić information content (AvgIpc) is 2.93. The molecule has 5 rings (SSSR count). The van der Waals surface area contributed by atoms with Gasteiger partial charge in [-0.2, -0.15) is 0 Å². The lowest BCUT2D eigenvalue weighted by Gasteiger charge is -2.51. The van der Waals surface area contributed by atoms with E-state index in [9.17, 15) is 0 Å². The average molecular weight is 282 g/mol. The fourth-order valence-corrected chi connectivity index (χ4v) is 7.29. The molecule has 3 unspecified atom stereocenters. The smallest absolute Gasteiger partial charge is 0.119 e. The summed E-state index contributed by atoms with van der Waals surface area (Å²) in [7, 11) is 1.81. The maximum atomic E-state index is 5.56. The van der Waals surface area contributed by atoms with Crippen molar-refractivity contribution in [2.45, 2.75) is 50.9 Å². The SMILES string of the molecule is COc1ccc2c(c1)C13CCCC[C@@H]1[C@H]1C(C)C[C@H]3C1C2. The van der Waals surface area contributed by atoms with Crippen molar-refractivity contribution in [2.75, 3.05) is 7.11 Å². The molecule has 3 saturated carbocycles. The number of hydrogen-bond donors (Lipinski definition) is 0. The summed E-state index contributed by atoms with van der Waals surface area (Å²) < 4.78 is 5.56. The molecule has 1 spiro atoms. The molecule has 0 aromatic heterocycles.